The van der Waals surface area contributed by atoms with Gasteiger partial charge in [-0.3, -0.25) is 14.4 Å². The van der Waals surface area contributed by atoms with E-state index in [1.165, 1.54) is 13.8 Å². The molecule has 2 atom stereocenters. The number of ketones is 3. The van der Waals surface area contributed by atoms with Gasteiger partial charge in [-0.2, -0.15) is 0 Å². The van der Waals surface area contributed by atoms with E-state index in [2.05, 4.69) is 6.92 Å². The van der Waals surface area contributed by atoms with Gasteiger partial charge in [0.2, 0.25) is 0 Å². The van der Waals surface area contributed by atoms with Crippen molar-refractivity contribution in [3.05, 3.63) is 35.4 Å². The maximum atomic E-state index is 12.9. The van der Waals surface area contributed by atoms with E-state index in [1.807, 2.05) is 24.3 Å². The highest BCUT2D eigenvalue weighted by Crippen LogP contribution is 2.37. The Hall–Kier alpha value is -2.10. The number of carbonyl (C=O) groups excluding carboxylic acids is 4. The molecule has 0 amide bonds. The molecule has 0 heterocycles. The standard InChI is InChI=1S/C27H38O4/c1-4-5-6-9-15-26(20-28,21(2)29)18-23-12-11-13-24(17-23)19-27(22(3)30)16-10-7-8-14-25(27)31/h11-13,17,20H,4-10,14-16,18-19H2,1-3H3. The van der Waals surface area contributed by atoms with E-state index in [4.69, 9.17) is 0 Å². The average molecular weight is 427 g/mol. The third-order valence-electron chi connectivity index (χ3n) is 7.14. The van der Waals surface area contributed by atoms with Gasteiger partial charge in [0, 0.05) is 6.42 Å². The molecule has 31 heavy (non-hydrogen) atoms. The normalized spacial score (nSPS) is 21.2. The first kappa shape index (κ1) is 25.2. The predicted octanol–water partition coefficient (Wildman–Crippen LogP) is 5.62. The first-order valence-electron chi connectivity index (χ1n) is 11.9. The Bertz CT molecular complexity index is 796. The number of unbranched alkanes of at least 4 members (excludes halogenated alkanes) is 3. The second-order valence-electron chi connectivity index (χ2n) is 9.44. The van der Waals surface area contributed by atoms with E-state index in [9.17, 15) is 19.2 Å². The summed E-state index contributed by atoms with van der Waals surface area (Å²) in [5, 5.41) is 0. The summed E-state index contributed by atoms with van der Waals surface area (Å²) in [6.07, 6.45) is 10.0. The molecule has 1 fully saturated rings. The third kappa shape index (κ3) is 6.21. The molecule has 1 aromatic rings. The van der Waals surface area contributed by atoms with Crippen molar-refractivity contribution in [1.82, 2.24) is 0 Å². The molecule has 4 heteroatoms. The lowest BCUT2D eigenvalue weighted by Gasteiger charge is -2.29. The number of aldehydes is 1. The van der Waals surface area contributed by atoms with Crippen molar-refractivity contribution in [3.63, 3.8) is 0 Å². The zero-order valence-electron chi connectivity index (χ0n) is 19.5. The van der Waals surface area contributed by atoms with Gasteiger partial charge in [0.1, 0.15) is 23.6 Å². The molecule has 170 valence electrons. The van der Waals surface area contributed by atoms with Crippen LogP contribution >= 0.6 is 0 Å². The first-order chi connectivity index (χ1) is 14.8. The summed E-state index contributed by atoms with van der Waals surface area (Å²) in [5.74, 6) is -0.0833. The monoisotopic (exact) mass is 426 g/mol. The lowest BCUT2D eigenvalue weighted by atomic mass is 9.71. The van der Waals surface area contributed by atoms with Crippen molar-refractivity contribution < 1.29 is 19.2 Å². The van der Waals surface area contributed by atoms with Crippen LogP contribution in [0.1, 0.15) is 96.1 Å². The number of benzene rings is 1. The van der Waals surface area contributed by atoms with E-state index < -0.39 is 10.8 Å². The van der Waals surface area contributed by atoms with Gasteiger partial charge in [-0.05, 0) is 57.1 Å². The van der Waals surface area contributed by atoms with Crippen LogP contribution in [-0.2, 0) is 32.0 Å². The second kappa shape index (κ2) is 11.5. The van der Waals surface area contributed by atoms with Crippen LogP contribution in [0.3, 0.4) is 0 Å². The molecule has 2 unspecified atom stereocenters. The molecule has 2 rings (SSSR count). The minimum absolute atomic E-state index is 0.0494. The smallest absolute Gasteiger partial charge is 0.146 e. The van der Waals surface area contributed by atoms with Gasteiger partial charge in [-0.1, -0.05) is 69.7 Å². The first-order valence-corrected chi connectivity index (χ1v) is 11.9. The number of hydrogen-bond donors (Lipinski definition) is 0. The molecule has 0 N–H and O–H groups in total. The molecular weight excluding hydrogens is 388 g/mol. The van der Waals surface area contributed by atoms with E-state index in [1.54, 1.807) is 0 Å². The lowest BCUT2D eigenvalue weighted by Crippen LogP contribution is -2.39. The van der Waals surface area contributed by atoms with Gasteiger partial charge in [0.15, 0.2) is 0 Å². The molecule has 0 spiro atoms. The Balaban J connectivity index is 2.26. The minimum atomic E-state index is -0.997. The van der Waals surface area contributed by atoms with Gasteiger partial charge in [0.25, 0.3) is 0 Å². The Labute approximate surface area is 187 Å². The van der Waals surface area contributed by atoms with E-state index >= 15 is 0 Å². The molecule has 0 bridgehead atoms. The van der Waals surface area contributed by atoms with Crippen molar-refractivity contribution in [2.24, 2.45) is 10.8 Å². The van der Waals surface area contributed by atoms with Crippen LogP contribution in [0.15, 0.2) is 24.3 Å². The largest absolute Gasteiger partial charge is 0.302 e. The van der Waals surface area contributed by atoms with Crippen molar-refractivity contribution in [2.45, 2.75) is 97.8 Å². The fraction of sp³-hybridized carbons (Fsp3) is 0.630. The molecule has 4 nitrogen and oxygen atoms in total. The highest BCUT2D eigenvalue weighted by molar-refractivity contribution is 6.06. The molecule has 1 saturated carbocycles. The molecule has 0 saturated heterocycles. The molecule has 0 aliphatic heterocycles. The number of Topliss-reactive ketones (excluding diaryl/α,β-unsaturated/α-hetero) is 3. The maximum Gasteiger partial charge on any atom is 0.146 e. The van der Waals surface area contributed by atoms with E-state index in [0.717, 1.165) is 62.4 Å². The van der Waals surface area contributed by atoms with Gasteiger partial charge in [0.05, 0.1) is 10.8 Å². The zero-order chi connectivity index (χ0) is 22.9. The van der Waals surface area contributed by atoms with Crippen LogP contribution in [-0.4, -0.2) is 23.6 Å². The molecule has 0 aromatic heterocycles. The maximum absolute atomic E-state index is 12.9. The van der Waals surface area contributed by atoms with Crippen LogP contribution in [0, 0.1) is 10.8 Å². The van der Waals surface area contributed by atoms with Gasteiger partial charge in [-0.15, -0.1) is 0 Å². The summed E-state index contributed by atoms with van der Waals surface area (Å²) in [6.45, 7) is 5.18. The minimum Gasteiger partial charge on any atom is -0.302 e. The van der Waals surface area contributed by atoms with Crippen molar-refractivity contribution in [3.8, 4) is 0 Å². The fourth-order valence-electron chi connectivity index (χ4n) is 4.95. The van der Waals surface area contributed by atoms with Crippen LogP contribution in [0.2, 0.25) is 0 Å². The predicted molar refractivity (Wildman–Crippen MR) is 123 cm³/mol. The Morgan fingerprint density at radius 1 is 1.06 bits per heavy atom. The van der Waals surface area contributed by atoms with Gasteiger partial charge < -0.3 is 4.79 Å². The van der Waals surface area contributed by atoms with Gasteiger partial charge >= 0.3 is 0 Å². The summed E-state index contributed by atoms with van der Waals surface area (Å²) in [6, 6.07) is 7.78. The molecule has 0 radical (unpaired) electrons. The topological polar surface area (TPSA) is 68.3 Å². The van der Waals surface area contributed by atoms with Crippen LogP contribution < -0.4 is 0 Å². The summed E-state index contributed by atoms with van der Waals surface area (Å²) < 4.78 is 0. The van der Waals surface area contributed by atoms with Crippen LogP contribution in [0.25, 0.3) is 0 Å². The average Bonchev–Trinajstić information content (AvgIpc) is 2.92. The van der Waals surface area contributed by atoms with Crippen molar-refractivity contribution >= 4 is 23.6 Å². The van der Waals surface area contributed by atoms with E-state index in [0.29, 0.717) is 32.1 Å². The van der Waals surface area contributed by atoms with E-state index in [-0.39, 0.29) is 17.3 Å². The molecular formula is C27H38O4. The highest BCUT2D eigenvalue weighted by Gasteiger charge is 2.43. The molecule has 1 aliphatic carbocycles. The summed E-state index contributed by atoms with van der Waals surface area (Å²) >= 11 is 0. The van der Waals surface area contributed by atoms with Crippen LogP contribution in [0.5, 0.6) is 0 Å². The number of hydrogen-bond acceptors (Lipinski definition) is 4. The highest BCUT2D eigenvalue weighted by atomic mass is 16.2. The second-order valence-corrected chi connectivity index (χ2v) is 9.44. The lowest BCUT2D eigenvalue weighted by molar-refractivity contribution is -0.140. The number of carbonyl (C=O) groups is 4. The Morgan fingerprint density at radius 3 is 2.45 bits per heavy atom. The SMILES string of the molecule is CCCCCCC(C=O)(Cc1cccc(CC2(C(C)=O)CCCCCC2=O)c1)C(C)=O. The number of rotatable bonds is 12. The molecule has 1 aliphatic rings. The fourth-order valence-corrected chi connectivity index (χ4v) is 4.95. The molecule has 1 aromatic carbocycles. The third-order valence-corrected chi connectivity index (χ3v) is 7.14. The summed E-state index contributed by atoms with van der Waals surface area (Å²) in [5.41, 5.74) is -0.0901. The van der Waals surface area contributed by atoms with Crippen LogP contribution in [0.4, 0.5) is 0 Å². The Morgan fingerprint density at radius 2 is 1.81 bits per heavy atom. The van der Waals surface area contributed by atoms with Crippen molar-refractivity contribution in [2.75, 3.05) is 0 Å². The van der Waals surface area contributed by atoms with Crippen molar-refractivity contribution in [1.29, 1.82) is 0 Å². The van der Waals surface area contributed by atoms with Gasteiger partial charge in [-0.25, -0.2) is 0 Å². The Kier molecular flexibility index (Phi) is 9.33. The quantitative estimate of drug-likeness (QED) is 0.188. The summed E-state index contributed by atoms with van der Waals surface area (Å²) in [4.78, 5) is 50.0. The summed E-state index contributed by atoms with van der Waals surface area (Å²) in [7, 11) is 0. The zero-order valence-corrected chi connectivity index (χ0v) is 19.5.